The van der Waals surface area contributed by atoms with Gasteiger partial charge < -0.3 is 10.6 Å². The predicted octanol–water partition coefficient (Wildman–Crippen LogP) is 0.430. The Balaban J connectivity index is 1.95. The maximum absolute atomic E-state index is 12.0. The number of carbonyl (C=O) groups excluding carboxylic acids is 1. The molecule has 1 saturated heterocycles. The summed E-state index contributed by atoms with van der Waals surface area (Å²) >= 11 is 0. The van der Waals surface area contributed by atoms with Crippen LogP contribution in [-0.2, 0) is 11.2 Å². The highest BCUT2D eigenvalue weighted by Gasteiger charge is 2.29. The van der Waals surface area contributed by atoms with E-state index in [-0.39, 0.29) is 11.9 Å². The molecule has 1 aliphatic heterocycles. The first-order valence-electron chi connectivity index (χ1n) is 5.59. The SMILES string of the molecule is CC1CN(C(=O)Cc2ccncc2)CC1N. The Kier molecular flexibility index (Phi) is 3.19. The van der Waals surface area contributed by atoms with Gasteiger partial charge in [-0.15, -0.1) is 0 Å². The van der Waals surface area contributed by atoms with Crippen molar-refractivity contribution < 1.29 is 4.79 Å². The topological polar surface area (TPSA) is 59.2 Å². The van der Waals surface area contributed by atoms with E-state index < -0.39 is 0 Å². The largest absolute Gasteiger partial charge is 0.341 e. The fourth-order valence-corrected chi connectivity index (χ4v) is 1.98. The molecule has 86 valence electrons. The molecule has 2 N–H and O–H groups in total. The molecule has 1 aromatic rings. The highest BCUT2D eigenvalue weighted by Crippen LogP contribution is 2.15. The van der Waals surface area contributed by atoms with Crippen molar-refractivity contribution in [2.24, 2.45) is 11.7 Å². The third kappa shape index (κ3) is 2.39. The van der Waals surface area contributed by atoms with Gasteiger partial charge in [-0.25, -0.2) is 0 Å². The molecule has 1 aromatic heterocycles. The van der Waals surface area contributed by atoms with Crippen molar-refractivity contribution in [3.63, 3.8) is 0 Å². The number of aromatic nitrogens is 1. The van der Waals surface area contributed by atoms with Crippen LogP contribution in [0.4, 0.5) is 0 Å². The molecule has 4 heteroatoms. The van der Waals surface area contributed by atoms with Crippen LogP contribution < -0.4 is 5.73 Å². The van der Waals surface area contributed by atoms with Gasteiger partial charge >= 0.3 is 0 Å². The maximum atomic E-state index is 12.0. The zero-order chi connectivity index (χ0) is 11.5. The van der Waals surface area contributed by atoms with E-state index in [0.29, 0.717) is 18.9 Å². The number of amides is 1. The second kappa shape index (κ2) is 4.61. The lowest BCUT2D eigenvalue weighted by Crippen LogP contribution is -2.33. The van der Waals surface area contributed by atoms with Crippen molar-refractivity contribution in [3.8, 4) is 0 Å². The van der Waals surface area contributed by atoms with Crippen LogP contribution in [0, 0.1) is 5.92 Å². The average molecular weight is 219 g/mol. The molecule has 1 aliphatic rings. The van der Waals surface area contributed by atoms with E-state index in [0.717, 1.165) is 12.1 Å². The van der Waals surface area contributed by atoms with Gasteiger partial charge in [-0.1, -0.05) is 6.92 Å². The molecule has 0 aliphatic carbocycles. The van der Waals surface area contributed by atoms with Crippen LogP contribution in [0.2, 0.25) is 0 Å². The van der Waals surface area contributed by atoms with Crippen molar-refractivity contribution >= 4 is 5.91 Å². The number of rotatable bonds is 2. The zero-order valence-electron chi connectivity index (χ0n) is 9.47. The van der Waals surface area contributed by atoms with Crippen molar-refractivity contribution in [1.82, 2.24) is 9.88 Å². The summed E-state index contributed by atoms with van der Waals surface area (Å²) in [6.07, 6.45) is 3.86. The van der Waals surface area contributed by atoms with Gasteiger partial charge in [0.25, 0.3) is 0 Å². The average Bonchev–Trinajstić information content (AvgIpc) is 2.61. The van der Waals surface area contributed by atoms with E-state index in [2.05, 4.69) is 11.9 Å². The van der Waals surface area contributed by atoms with E-state index in [1.165, 1.54) is 0 Å². The van der Waals surface area contributed by atoms with Gasteiger partial charge in [0.05, 0.1) is 6.42 Å². The first-order chi connectivity index (χ1) is 7.66. The van der Waals surface area contributed by atoms with Crippen LogP contribution in [-0.4, -0.2) is 34.9 Å². The van der Waals surface area contributed by atoms with E-state index in [9.17, 15) is 4.79 Å². The Hall–Kier alpha value is -1.42. The summed E-state index contributed by atoms with van der Waals surface area (Å²) in [5, 5.41) is 0. The van der Waals surface area contributed by atoms with Gasteiger partial charge in [-0.3, -0.25) is 9.78 Å². The van der Waals surface area contributed by atoms with Crippen LogP contribution in [0.1, 0.15) is 12.5 Å². The second-order valence-electron chi connectivity index (χ2n) is 4.47. The Morgan fingerprint density at radius 2 is 2.19 bits per heavy atom. The highest BCUT2D eigenvalue weighted by molar-refractivity contribution is 5.79. The number of pyridine rings is 1. The van der Waals surface area contributed by atoms with E-state index in [4.69, 9.17) is 5.73 Å². The number of hydrogen-bond acceptors (Lipinski definition) is 3. The third-order valence-corrected chi connectivity index (χ3v) is 3.13. The molecule has 2 atom stereocenters. The van der Waals surface area contributed by atoms with Crippen LogP contribution in [0.25, 0.3) is 0 Å². The molecule has 16 heavy (non-hydrogen) atoms. The first kappa shape index (κ1) is 11.1. The molecule has 4 nitrogen and oxygen atoms in total. The summed E-state index contributed by atoms with van der Waals surface area (Å²) in [5.41, 5.74) is 6.90. The van der Waals surface area contributed by atoms with Crippen LogP contribution in [0.5, 0.6) is 0 Å². The standard InChI is InChI=1S/C12H17N3O/c1-9-7-15(8-11(9)13)12(16)6-10-2-4-14-5-3-10/h2-5,9,11H,6-8,13H2,1H3. The van der Waals surface area contributed by atoms with E-state index in [1.807, 2.05) is 17.0 Å². The summed E-state index contributed by atoms with van der Waals surface area (Å²) < 4.78 is 0. The number of nitrogens with two attached hydrogens (primary N) is 1. The minimum atomic E-state index is 0.126. The highest BCUT2D eigenvalue weighted by atomic mass is 16.2. The first-order valence-corrected chi connectivity index (χ1v) is 5.59. The molecule has 1 fully saturated rings. The quantitative estimate of drug-likeness (QED) is 0.784. The number of nitrogens with zero attached hydrogens (tertiary/aromatic N) is 2. The molecule has 0 radical (unpaired) electrons. The van der Waals surface area contributed by atoms with Gasteiger partial charge in [0.15, 0.2) is 0 Å². The Morgan fingerprint density at radius 1 is 1.50 bits per heavy atom. The summed E-state index contributed by atoms with van der Waals surface area (Å²) in [6, 6.07) is 3.87. The lowest BCUT2D eigenvalue weighted by molar-refractivity contribution is -0.129. The summed E-state index contributed by atoms with van der Waals surface area (Å²) in [4.78, 5) is 17.7. The minimum absolute atomic E-state index is 0.126. The molecule has 0 bridgehead atoms. The number of hydrogen-bond donors (Lipinski definition) is 1. The fraction of sp³-hybridized carbons (Fsp3) is 0.500. The molecular weight excluding hydrogens is 202 g/mol. The van der Waals surface area contributed by atoms with Crippen LogP contribution in [0.3, 0.4) is 0 Å². The Labute approximate surface area is 95.5 Å². The predicted molar refractivity (Wildman–Crippen MR) is 61.7 cm³/mol. The molecule has 0 saturated carbocycles. The maximum Gasteiger partial charge on any atom is 0.227 e. The molecule has 2 rings (SSSR count). The summed E-state index contributed by atoms with van der Waals surface area (Å²) in [6.45, 7) is 3.56. The molecule has 0 aromatic carbocycles. The van der Waals surface area contributed by atoms with Gasteiger partial charge in [-0.05, 0) is 23.6 Å². The second-order valence-corrected chi connectivity index (χ2v) is 4.47. The van der Waals surface area contributed by atoms with Crippen molar-refractivity contribution in [1.29, 1.82) is 0 Å². The van der Waals surface area contributed by atoms with Crippen molar-refractivity contribution in [2.75, 3.05) is 13.1 Å². The van der Waals surface area contributed by atoms with Crippen LogP contribution in [0.15, 0.2) is 24.5 Å². The molecule has 1 amide bonds. The van der Waals surface area contributed by atoms with Gasteiger partial charge in [0.1, 0.15) is 0 Å². The monoisotopic (exact) mass is 219 g/mol. The molecule has 2 heterocycles. The third-order valence-electron chi connectivity index (χ3n) is 3.13. The number of likely N-dealkylation sites (tertiary alicyclic amines) is 1. The van der Waals surface area contributed by atoms with Gasteiger partial charge in [-0.2, -0.15) is 0 Å². The zero-order valence-corrected chi connectivity index (χ0v) is 9.47. The van der Waals surface area contributed by atoms with Gasteiger partial charge in [0, 0.05) is 31.5 Å². The van der Waals surface area contributed by atoms with Crippen molar-refractivity contribution in [2.45, 2.75) is 19.4 Å². The van der Waals surface area contributed by atoms with Crippen LogP contribution >= 0.6 is 0 Å². The summed E-state index contributed by atoms with van der Waals surface area (Å²) in [5.74, 6) is 0.562. The Morgan fingerprint density at radius 3 is 2.75 bits per heavy atom. The summed E-state index contributed by atoms with van der Waals surface area (Å²) in [7, 11) is 0. The fourth-order valence-electron chi connectivity index (χ4n) is 1.98. The molecule has 0 spiro atoms. The lowest BCUT2D eigenvalue weighted by Gasteiger charge is -2.15. The van der Waals surface area contributed by atoms with E-state index in [1.54, 1.807) is 12.4 Å². The normalized spacial score (nSPS) is 24.8. The molecular formula is C12H17N3O. The smallest absolute Gasteiger partial charge is 0.227 e. The number of carbonyl (C=O) groups is 1. The minimum Gasteiger partial charge on any atom is -0.341 e. The lowest BCUT2D eigenvalue weighted by atomic mass is 10.1. The Bertz CT molecular complexity index is 356. The molecule has 2 unspecified atom stereocenters. The van der Waals surface area contributed by atoms with Gasteiger partial charge in [0.2, 0.25) is 5.91 Å². The van der Waals surface area contributed by atoms with Crippen molar-refractivity contribution in [3.05, 3.63) is 30.1 Å². The van der Waals surface area contributed by atoms with E-state index >= 15 is 0 Å².